The van der Waals surface area contributed by atoms with E-state index in [1.807, 2.05) is 172 Å². The average Bonchev–Trinajstić information content (AvgIpc) is 1.60. The fourth-order valence-corrected chi connectivity index (χ4v) is 19.1. The van der Waals surface area contributed by atoms with E-state index in [0.717, 1.165) is 22.3 Å². The third kappa shape index (κ3) is 22.6. The van der Waals surface area contributed by atoms with Gasteiger partial charge in [0.05, 0.1) is 77.3 Å². The van der Waals surface area contributed by atoms with Crippen molar-refractivity contribution in [3.63, 3.8) is 0 Å². The van der Waals surface area contributed by atoms with Crippen LogP contribution in [0.2, 0.25) is 0 Å². The summed E-state index contributed by atoms with van der Waals surface area (Å²) in [5, 5.41) is 12.2. The summed E-state index contributed by atoms with van der Waals surface area (Å²) in [6.07, 6.45) is -17.0. The lowest BCUT2D eigenvalue weighted by Gasteiger charge is -2.47. The number of esters is 2. The number of amides is 2. The molecule has 678 valence electrons. The van der Waals surface area contributed by atoms with E-state index >= 15 is 0 Å². The molecule has 4 aromatic rings. The second-order valence-electron chi connectivity index (χ2n) is 34.7. The molecule has 32 heteroatoms. The van der Waals surface area contributed by atoms with Crippen LogP contribution in [0.5, 0.6) is 0 Å². The topological polar surface area (TPSA) is 346 Å². The summed E-state index contributed by atoms with van der Waals surface area (Å²) in [5.74, 6) is -7.44. The maximum absolute atomic E-state index is 14.4. The molecule has 0 radical (unpaired) electrons. The molecule has 2 amide bonds. The number of ether oxygens (including phenoxy) is 18. The zero-order valence-corrected chi connectivity index (χ0v) is 74.9. The van der Waals surface area contributed by atoms with Gasteiger partial charge < -0.3 is 100 Å². The van der Waals surface area contributed by atoms with E-state index in [-0.39, 0.29) is 56.4 Å². The van der Waals surface area contributed by atoms with Crippen LogP contribution < -0.4 is 0 Å². The first-order valence-corrected chi connectivity index (χ1v) is 43.5. The molecule has 1 N–H and O–H groups in total. The summed E-state index contributed by atoms with van der Waals surface area (Å²) >= 11 is 9.53. The van der Waals surface area contributed by atoms with E-state index in [2.05, 4.69) is 0 Å². The third-order valence-electron chi connectivity index (χ3n) is 25.5. The van der Waals surface area contributed by atoms with Gasteiger partial charge in [0, 0.05) is 37.8 Å². The first kappa shape index (κ1) is 96.6. The minimum absolute atomic E-state index is 0.0116. The number of aliphatic hydroxyl groups excluding tert-OH is 1. The molecule has 8 fully saturated rings. The first-order valence-electron chi connectivity index (χ1n) is 42.5. The van der Waals surface area contributed by atoms with Crippen molar-refractivity contribution < 1.29 is 134 Å². The van der Waals surface area contributed by atoms with Crippen molar-refractivity contribution >= 4 is 77.7 Å². The van der Waals surface area contributed by atoms with Crippen LogP contribution in [0, 0.1) is 47.3 Å². The quantitative estimate of drug-likeness (QED) is 0.0372. The van der Waals surface area contributed by atoms with Crippen LogP contribution in [-0.4, -0.2) is 215 Å². The maximum atomic E-state index is 14.4. The lowest BCUT2D eigenvalue weighted by Crippen LogP contribution is -2.61. The molecule has 0 saturated carbocycles. The number of fused-ring (bicyclic) bond motifs is 4. The Morgan fingerprint density at radius 2 is 0.813 bits per heavy atom. The Kier molecular flexibility index (Phi) is 33.1. The normalized spacial score (nSPS) is 36.7. The molecule has 8 saturated heterocycles. The summed E-state index contributed by atoms with van der Waals surface area (Å²) in [4.78, 5) is 124. The summed E-state index contributed by atoms with van der Waals surface area (Å²) in [6.45, 7) is 28.6. The number of nitrogens with zero attached hydrogens (tertiary/aromatic N) is 2. The Bertz CT molecular complexity index is 4200. The molecule has 30 nitrogen and oxygen atoms in total. The Labute approximate surface area is 729 Å². The highest BCUT2D eigenvalue weighted by Crippen LogP contribution is 2.52. The monoisotopic (exact) mass is 1760 g/mol. The van der Waals surface area contributed by atoms with E-state index in [1.54, 1.807) is 67.8 Å². The van der Waals surface area contributed by atoms with Crippen LogP contribution in [0.1, 0.15) is 172 Å². The standard InChI is InChI=1S/C45H61NO14.C45H59NO14.CH2Cl2/c2*1-10-33-45(8,60-43(51)55-33)38-29(6)35-25(2)22-44(7,59-35)37(27(4)34(47)28(5)39(48)57-38)58-40-36(56-42(50)53-24-31-19-15-12-16-20-31)32(21-26(3)54-40)46(9)41(49)52-23-30-17-13-11-14-18-30;2-1-3/h11-20,25-29,32-38,40,47H,10,21-24H2,1-9H3;11-20,25-29,32-33,35-38,40H,10,21-24H2,1-9H3;1H2/t25?,26?,27-,28+,29-,32?,33+,34-,35?,36?,37+,38+,40-,44-,45+;25?,26?,27-,28+,29-,32?,33+,35?,36?,37+,38+,40-,44-,45+;/m00./s1. The molecule has 0 aliphatic carbocycles. The van der Waals surface area contributed by atoms with Crippen molar-refractivity contribution in [2.24, 2.45) is 47.3 Å². The highest BCUT2D eigenvalue weighted by molar-refractivity contribution is 6.40. The maximum Gasteiger partial charge on any atom is 0.509 e. The predicted octanol–water partition coefficient (Wildman–Crippen LogP) is 15.5. The number of rotatable bonds is 20. The van der Waals surface area contributed by atoms with Crippen molar-refractivity contribution in [3.05, 3.63) is 144 Å². The summed E-state index contributed by atoms with van der Waals surface area (Å²) in [6, 6.07) is 35.1. The minimum atomic E-state index is -1.36. The van der Waals surface area contributed by atoms with Gasteiger partial charge >= 0.3 is 48.7 Å². The van der Waals surface area contributed by atoms with Crippen LogP contribution in [-0.2, 0) is 126 Å². The first-order chi connectivity index (χ1) is 58.3. The van der Waals surface area contributed by atoms with Gasteiger partial charge in [0.1, 0.15) is 56.8 Å². The lowest BCUT2D eigenvalue weighted by molar-refractivity contribution is -0.301. The number of ketones is 1. The van der Waals surface area contributed by atoms with Gasteiger partial charge in [0.2, 0.25) is 0 Å². The van der Waals surface area contributed by atoms with E-state index in [4.69, 9.17) is 108 Å². The van der Waals surface area contributed by atoms with Gasteiger partial charge in [-0.05, 0) is 128 Å². The molecule has 8 aliphatic heterocycles. The molecular formula is C91H122Cl2N2O28. The van der Waals surface area contributed by atoms with Crippen molar-refractivity contribution in [3.8, 4) is 0 Å². The van der Waals surface area contributed by atoms with Crippen LogP contribution in [0.15, 0.2) is 121 Å². The largest absolute Gasteiger partial charge is 0.509 e. The van der Waals surface area contributed by atoms with Gasteiger partial charge in [-0.25, -0.2) is 28.8 Å². The summed E-state index contributed by atoms with van der Waals surface area (Å²) in [5.41, 5.74) is -1.92. The lowest BCUT2D eigenvalue weighted by atomic mass is 9.76. The van der Waals surface area contributed by atoms with E-state index in [0.29, 0.717) is 25.7 Å². The predicted molar refractivity (Wildman–Crippen MR) is 444 cm³/mol. The Morgan fingerprint density at radius 1 is 0.472 bits per heavy atom. The fraction of sp³-hybridized carbons (Fsp3) is 0.637. The van der Waals surface area contributed by atoms with Crippen LogP contribution in [0.25, 0.3) is 0 Å². The van der Waals surface area contributed by atoms with E-state index < -0.39 is 216 Å². The number of cyclic esters (lactones) is 6. The number of benzene rings is 4. The number of aliphatic hydroxyl groups is 1. The highest BCUT2D eigenvalue weighted by Gasteiger charge is 2.65. The molecule has 4 aromatic carbocycles. The number of hydrogen-bond acceptors (Lipinski definition) is 28. The molecular weight excluding hydrogens is 1640 g/mol. The van der Waals surface area contributed by atoms with E-state index in [1.165, 1.54) is 16.7 Å². The summed E-state index contributed by atoms with van der Waals surface area (Å²) in [7, 11) is 3.11. The number of likely N-dealkylation sites (N-methyl/N-ethyl adjacent to an activating group) is 2. The molecule has 4 bridgehead atoms. The zero-order valence-electron chi connectivity index (χ0n) is 73.4. The van der Waals surface area contributed by atoms with Crippen molar-refractivity contribution in [2.45, 2.75) is 302 Å². The van der Waals surface area contributed by atoms with Crippen molar-refractivity contribution in [1.29, 1.82) is 0 Å². The second-order valence-corrected chi connectivity index (χ2v) is 35.5. The number of alkyl halides is 2. The number of halogens is 2. The molecule has 29 atom stereocenters. The smallest absolute Gasteiger partial charge is 0.457 e. The van der Waals surface area contributed by atoms with Gasteiger partial charge in [-0.15, -0.1) is 23.2 Å². The Balaban J connectivity index is 0.000000250. The van der Waals surface area contributed by atoms with Crippen LogP contribution in [0.4, 0.5) is 28.8 Å². The fourth-order valence-electron chi connectivity index (χ4n) is 19.1. The van der Waals surface area contributed by atoms with Crippen LogP contribution >= 0.6 is 23.2 Å². The van der Waals surface area contributed by atoms with E-state index in [9.17, 15) is 48.3 Å². The van der Waals surface area contributed by atoms with Gasteiger partial charge in [0.25, 0.3) is 0 Å². The molecule has 10 unspecified atom stereocenters. The minimum Gasteiger partial charge on any atom is -0.457 e. The van der Waals surface area contributed by atoms with Crippen molar-refractivity contribution in [1.82, 2.24) is 9.80 Å². The Morgan fingerprint density at radius 3 is 1.18 bits per heavy atom. The average molecular weight is 1760 g/mol. The number of hydrogen-bond donors (Lipinski definition) is 1. The number of Topliss-reactive ketones (excluding diaryl/α,β-unsaturated/α-hetero) is 1. The zero-order chi connectivity index (χ0) is 89.7. The van der Waals surface area contributed by atoms with Gasteiger partial charge in [0.15, 0.2) is 41.8 Å². The molecule has 0 spiro atoms. The molecule has 123 heavy (non-hydrogen) atoms. The van der Waals surface area contributed by atoms with Gasteiger partial charge in [-0.1, -0.05) is 177 Å². The highest BCUT2D eigenvalue weighted by atomic mass is 35.5. The number of carbonyl (C=O) groups excluding carboxylic acids is 9. The second kappa shape index (κ2) is 42.1. The Hall–Kier alpha value is -8.59. The van der Waals surface area contributed by atoms with Crippen molar-refractivity contribution in [2.75, 3.05) is 19.4 Å². The third-order valence-corrected chi connectivity index (χ3v) is 25.5. The summed E-state index contributed by atoms with van der Waals surface area (Å²) < 4.78 is 110. The van der Waals surface area contributed by atoms with Gasteiger partial charge in [-0.3, -0.25) is 14.4 Å². The number of carbonyl (C=O) groups is 9. The molecule has 8 aliphatic rings. The SMILES string of the molecule is CC[C@H]1OC(=O)O[C@@]1(C)[C@@H]1OC(=O)[C@H](C)C(=O)[C@H](C)[C@@H](O[C@@H]2OC(C)CC(N(C)C(=O)OCc3ccccc3)C2OC(=O)OCc2ccccc2)[C@]2(C)CC(C)C(O2)[C@@H]1C.CC[C@H]1OC(=O)O[C@@]1(C)[C@@H]1OC(=O)[C@H](C)[C@@H](O)[C@H](C)[C@@H](O[C@@H]2OC(C)CC(N(C)C(=O)OCc3ccccc3)C2OC(=O)OCc2ccccc2)[C@]2(C)CC(C)C(O2)[C@@H]1C.ClCCl. The molecule has 8 heterocycles. The molecule has 0 aromatic heterocycles. The molecule has 12 rings (SSSR count). The van der Waals surface area contributed by atoms with Gasteiger partial charge in [-0.2, -0.15) is 0 Å². The van der Waals surface area contributed by atoms with Crippen LogP contribution in [0.3, 0.4) is 0 Å².